The fourth-order valence-corrected chi connectivity index (χ4v) is 2.84. The first-order valence-corrected chi connectivity index (χ1v) is 7.05. The molecule has 2 aliphatic heterocycles. The number of nitrogens with one attached hydrogen (secondary N) is 2. The normalized spacial score (nSPS) is 27.8. The summed E-state index contributed by atoms with van der Waals surface area (Å²) in [7, 11) is 0. The molecule has 0 radical (unpaired) electrons. The molecule has 2 saturated heterocycles. The standard InChI is InChI=1S/C13H25N3O.2ClH/c1-2-16-9-5-6-11(10-16)15-13(17)12-7-3-4-8-14-12;;/h11-12,14H,2-10H2,1H3,(H,15,17);2*1H/t11?,12-;;/m0../s1. The van der Waals surface area contributed by atoms with Crippen molar-refractivity contribution in [3.05, 3.63) is 0 Å². The van der Waals surface area contributed by atoms with Crippen LogP contribution >= 0.6 is 24.8 Å². The molecule has 2 heterocycles. The van der Waals surface area contributed by atoms with Gasteiger partial charge < -0.3 is 15.5 Å². The summed E-state index contributed by atoms with van der Waals surface area (Å²) in [5.41, 5.74) is 0. The summed E-state index contributed by atoms with van der Waals surface area (Å²) in [5.74, 6) is 0.215. The van der Waals surface area contributed by atoms with Crippen molar-refractivity contribution < 1.29 is 4.79 Å². The van der Waals surface area contributed by atoms with Gasteiger partial charge in [0.2, 0.25) is 5.91 Å². The average Bonchev–Trinajstić information content (AvgIpc) is 2.40. The predicted molar refractivity (Wildman–Crippen MR) is 83.4 cm³/mol. The van der Waals surface area contributed by atoms with Crippen molar-refractivity contribution in [1.82, 2.24) is 15.5 Å². The van der Waals surface area contributed by atoms with Gasteiger partial charge in [-0.3, -0.25) is 4.79 Å². The summed E-state index contributed by atoms with van der Waals surface area (Å²) in [5, 5.41) is 6.52. The Morgan fingerprint density at radius 3 is 2.68 bits per heavy atom. The van der Waals surface area contributed by atoms with E-state index in [4.69, 9.17) is 0 Å². The van der Waals surface area contributed by atoms with Crippen molar-refractivity contribution in [2.75, 3.05) is 26.2 Å². The SMILES string of the molecule is CCN1CCCC(NC(=O)[C@@H]2CCCCN2)C1.Cl.Cl. The predicted octanol–water partition coefficient (Wildman–Crippen LogP) is 1.57. The van der Waals surface area contributed by atoms with E-state index in [1.807, 2.05) is 0 Å². The number of likely N-dealkylation sites (tertiary alicyclic amines) is 1. The lowest BCUT2D eigenvalue weighted by atomic mass is 10.0. The van der Waals surface area contributed by atoms with Gasteiger partial charge in [0, 0.05) is 12.6 Å². The smallest absolute Gasteiger partial charge is 0.237 e. The number of hydrogen-bond acceptors (Lipinski definition) is 3. The summed E-state index contributed by atoms with van der Waals surface area (Å²) in [4.78, 5) is 14.5. The minimum Gasteiger partial charge on any atom is -0.351 e. The van der Waals surface area contributed by atoms with Crippen molar-refractivity contribution in [2.24, 2.45) is 0 Å². The summed E-state index contributed by atoms with van der Waals surface area (Å²) < 4.78 is 0. The molecular formula is C13H27Cl2N3O. The lowest BCUT2D eigenvalue weighted by molar-refractivity contribution is -0.124. The molecule has 0 aromatic heterocycles. The Labute approximate surface area is 128 Å². The Morgan fingerprint density at radius 2 is 2.05 bits per heavy atom. The molecule has 4 nitrogen and oxygen atoms in total. The molecule has 2 aliphatic rings. The molecule has 0 bridgehead atoms. The number of piperidine rings is 2. The highest BCUT2D eigenvalue weighted by Gasteiger charge is 2.25. The van der Waals surface area contributed by atoms with Crippen molar-refractivity contribution in [2.45, 2.75) is 51.1 Å². The second-order valence-electron chi connectivity index (χ2n) is 5.24. The molecule has 2 atom stereocenters. The molecule has 2 rings (SSSR count). The van der Waals surface area contributed by atoms with Gasteiger partial charge in [0.05, 0.1) is 6.04 Å². The Bertz CT molecular complexity index is 260. The van der Waals surface area contributed by atoms with Gasteiger partial charge in [-0.2, -0.15) is 0 Å². The van der Waals surface area contributed by atoms with E-state index in [0.717, 1.165) is 32.5 Å². The molecule has 1 unspecified atom stereocenters. The Kier molecular flexibility index (Phi) is 9.79. The number of hydrogen-bond donors (Lipinski definition) is 2. The Balaban J connectivity index is 0.00000162. The molecule has 6 heteroatoms. The maximum absolute atomic E-state index is 12.1. The number of halogens is 2. The lowest BCUT2D eigenvalue weighted by Gasteiger charge is -2.33. The zero-order valence-electron chi connectivity index (χ0n) is 11.7. The fourth-order valence-electron chi connectivity index (χ4n) is 2.84. The minimum absolute atomic E-state index is 0. The van der Waals surface area contributed by atoms with Crippen LogP contribution in [0.2, 0.25) is 0 Å². The van der Waals surface area contributed by atoms with Gasteiger partial charge in [-0.05, 0) is 45.3 Å². The number of rotatable bonds is 3. The third-order valence-electron chi connectivity index (χ3n) is 3.93. The molecule has 0 saturated carbocycles. The van der Waals surface area contributed by atoms with E-state index in [0.29, 0.717) is 6.04 Å². The van der Waals surface area contributed by atoms with Gasteiger partial charge in [0.25, 0.3) is 0 Å². The molecule has 2 fully saturated rings. The maximum Gasteiger partial charge on any atom is 0.237 e. The molecule has 1 amide bonds. The third kappa shape index (κ3) is 5.86. The van der Waals surface area contributed by atoms with Crippen LogP contribution in [0.15, 0.2) is 0 Å². The fraction of sp³-hybridized carbons (Fsp3) is 0.923. The van der Waals surface area contributed by atoms with E-state index in [9.17, 15) is 4.79 Å². The van der Waals surface area contributed by atoms with E-state index in [1.165, 1.54) is 25.8 Å². The van der Waals surface area contributed by atoms with Crippen molar-refractivity contribution >= 4 is 30.7 Å². The number of nitrogens with zero attached hydrogens (tertiary/aromatic N) is 1. The van der Waals surface area contributed by atoms with Crippen molar-refractivity contribution in [3.8, 4) is 0 Å². The number of likely N-dealkylation sites (N-methyl/N-ethyl adjacent to an activating group) is 1. The maximum atomic E-state index is 12.1. The Morgan fingerprint density at radius 1 is 1.26 bits per heavy atom. The summed E-state index contributed by atoms with van der Waals surface area (Å²) >= 11 is 0. The number of amides is 1. The molecule has 114 valence electrons. The second kappa shape index (κ2) is 9.81. The van der Waals surface area contributed by atoms with Crippen LogP contribution in [0.4, 0.5) is 0 Å². The molecule has 19 heavy (non-hydrogen) atoms. The average molecular weight is 312 g/mol. The van der Waals surface area contributed by atoms with Crippen molar-refractivity contribution in [3.63, 3.8) is 0 Å². The van der Waals surface area contributed by atoms with Gasteiger partial charge in [-0.25, -0.2) is 0 Å². The van der Waals surface area contributed by atoms with Gasteiger partial charge >= 0.3 is 0 Å². The first-order chi connectivity index (χ1) is 8.29. The molecule has 0 aromatic carbocycles. The summed E-state index contributed by atoms with van der Waals surface area (Å²) in [6.45, 7) is 6.48. The minimum atomic E-state index is 0. The van der Waals surface area contributed by atoms with E-state index in [2.05, 4.69) is 22.5 Å². The van der Waals surface area contributed by atoms with Crippen LogP contribution in [-0.4, -0.2) is 49.1 Å². The zero-order valence-corrected chi connectivity index (χ0v) is 13.3. The van der Waals surface area contributed by atoms with E-state index in [1.54, 1.807) is 0 Å². The first-order valence-electron chi connectivity index (χ1n) is 7.05. The van der Waals surface area contributed by atoms with E-state index >= 15 is 0 Å². The number of carbonyl (C=O) groups excluding carboxylic acids is 1. The van der Waals surface area contributed by atoms with Gasteiger partial charge in [-0.15, -0.1) is 24.8 Å². The second-order valence-corrected chi connectivity index (χ2v) is 5.24. The van der Waals surface area contributed by atoms with Gasteiger partial charge in [0.1, 0.15) is 0 Å². The summed E-state index contributed by atoms with van der Waals surface area (Å²) in [6, 6.07) is 0.417. The highest BCUT2D eigenvalue weighted by Crippen LogP contribution is 2.11. The molecule has 2 N–H and O–H groups in total. The van der Waals surface area contributed by atoms with Crippen molar-refractivity contribution in [1.29, 1.82) is 0 Å². The zero-order chi connectivity index (χ0) is 12.1. The van der Waals surface area contributed by atoms with Crippen LogP contribution in [0, 0.1) is 0 Å². The quantitative estimate of drug-likeness (QED) is 0.831. The van der Waals surface area contributed by atoms with E-state index < -0.39 is 0 Å². The highest BCUT2D eigenvalue weighted by atomic mass is 35.5. The van der Waals surface area contributed by atoms with Crippen LogP contribution < -0.4 is 10.6 Å². The van der Waals surface area contributed by atoms with Crippen LogP contribution in [0.3, 0.4) is 0 Å². The van der Waals surface area contributed by atoms with Crippen LogP contribution in [0.25, 0.3) is 0 Å². The first kappa shape index (κ1) is 19.0. The lowest BCUT2D eigenvalue weighted by Crippen LogP contribution is -2.53. The molecule has 0 aromatic rings. The van der Waals surface area contributed by atoms with Crippen LogP contribution in [-0.2, 0) is 4.79 Å². The summed E-state index contributed by atoms with van der Waals surface area (Å²) in [6.07, 6.45) is 5.72. The molecule has 0 aliphatic carbocycles. The van der Waals surface area contributed by atoms with Crippen LogP contribution in [0.5, 0.6) is 0 Å². The molecular weight excluding hydrogens is 285 g/mol. The Hall–Kier alpha value is -0.0300. The van der Waals surface area contributed by atoms with Gasteiger partial charge in [-0.1, -0.05) is 13.3 Å². The van der Waals surface area contributed by atoms with E-state index in [-0.39, 0.29) is 36.8 Å². The van der Waals surface area contributed by atoms with Crippen LogP contribution in [0.1, 0.15) is 39.0 Å². The highest BCUT2D eigenvalue weighted by molar-refractivity contribution is 5.85. The third-order valence-corrected chi connectivity index (χ3v) is 3.93. The number of carbonyl (C=O) groups is 1. The monoisotopic (exact) mass is 311 g/mol. The molecule has 0 spiro atoms. The topological polar surface area (TPSA) is 44.4 Å². The largest absolute Gasteiger partial charge is 0.351 e. The van der Waals surface area contributed by atoms with Gasteiger partial charge in [0.15, 0.2) is 0 Å².